The molecular weight excluding hydrogens is 363 g/mol. The molecule has 1 atom stereocenters. The fourth-order valence-electron chi connectivity index (χ4n) is 3.46. The summed E-state index contributed by atoms with van der Waals surface area (Å²) in [5.41, 5.74) is 1.26. The Kier molecular flexibility index (Phi) is 6.23. The molecule has 148 valence electrons. The second-order valence-electron chi connectivity index (χ2n) is 7.11. The van der Waals surface area contributed by atoms with Crippen molar-refractivity contribution in [3.05, 3.63) is 53.7 Å². The van der Waals surface area contributed by atoms with E-state index in [-0.39, 0.29) is 23.4 Å². The molecule has 0 saturated carbocycles. The molecule has 7 heteroatoms. The van der Waals surface area contributed by atoms with Crippen molar-refractivity contribution in [2.24, 2.45) is 5.92 Å². The summed E-state index contributed by atoms with van der Waals surface area (Å²) in [7, 11) is 0. The van der Waals surface area contributed by atoms with Crippen molar-refractivity contribution >= 4 is 23.3 Å². The summed E-state index contributed by atoms with van der Waals surface area (Å²) in [6.07, 6.45) is 3.98. The highest BCUT2D eigenvalue weighted by Gasteiger charge is 2.29. The standard InChI is InChI=1S/C21H23FN2O4/c1-14-12-16(22)7-8-17(14)23-19(25)9-6-15-4-2-10-24(13-15)21(27)20(26)18-5-3-11-28-18/h3,5,7-8,11-12,15H,2,4,6,9-10,13H2,1H3,(H,23,25). The monoisotopic (exact) mass is 386 g/mol. The Morgan fingerprint density at radius 3 is 2.82 bits per heavy atom. The summed E-state index contributed by atoms with van der Waals surface area (Å²) >= 11 is 0. The van der Waals surface area contributed by atoms with E-state index >= 15 is 0 Å². The average molecular weight is 386 g/mol. The normalized spacial score (nSPS) is 16.6. The maximum atomic E-state index is 13.1. The lowest BCUT2D eigenvalue weighted by molar-refractivity contribution is -0.128. The van der Waals surface area contributed by atoms with E-state index in [1.165, 1.54) is 24.5 Å². The minimum absolute atomic E-state index is 0.0427. The number of piperidine rings is 1. The first-order valence-corrected chi connectivity index (χ1v) is 9.37. The van der Waals surface area contributed by atoms with Gasteiger partial charge in [-0.1, -0.05) is 0 Å². The van der Waals surface area contributed by atoms with Crippen molar-refractivity contribution < 1.29 is 23.2 Å². The Morgan fingerprint density at radius 1 is 1.29 bits per heavy atom. The predicted octanol–water partition coefficient (Wildman–Crippen LogP) is 3.57. The van der Waals surface area contributed by atoms with Gasteiger partial charge in [0.05, 0.1) is 6.26 Å². The fourth-order valence-corrected chi connectivity index (χ4v) is 3.46. The molecule has 3 rings (SSSR count). The highest BCUT2D eigenvalue weighted by Crippen LogP contribution is 2.23. The minimum Gasteiger partial charge on any atom is -0.461 e. The molecule has 0 bridgehead atoms. The van der Waals surface area contributed by atoms with Crippen LogP contribution in [0.4, 0.5) is 10.1 Å². The molecule has 1 unspecified atom stereocenters. The zero-order valence-electron chi connectivity index (χ0n) is 15.7. The summed E-state index contributed by atoms with van der Waals surface area (Å²) in [6, 6.07) is 7.27. The van der Waals surface area contributed by atoms with Gasteiger partial charge < -0.3 is 14.6 Å². The number of nitrogens with one attached hydrogen (secondary N) is 1. The van der Waals surface area contributed by atoms with Crippen LogP contribution in [0.15, 0.2) is 41.0 Å². The number of halogens is 1. The van der Waals surface area contributed by atoms with Gasteiger partial charge in [-0.3, -0.25) is 14.4 Å². The first-order valence-electron chi connectivity index (χ1n) is 9.37. The average Bonchev–Trinajstić information content (AvgIpc) is 3.22. The lowest BCUT2D eigenvalue weighted by atomic mass is 9.93. The first-order chi connectivity index (χ1) is 13.4. The molecule has 1 aromatic heterocycles. The van der Waals surface area contributed by atoms with Gasteiger partial charge in [0.1, 0.15) is 5.82 Å². The van der Waals surface area contributed by atoms with Crippen molar-refractivity contribution in [2.75, 3.05) is 18.4 Å². The smallest absolute Gasteiger partial charge is 0.298 e. The number of anilines is 1. The van der Waals surface area contributed by atoms with Crippen molar-refractivity contribution in [1.82, 2.24) is 4.90 Å². The van der Waals surface area contributed by atoms with Gasteiger partial charge in [-0.15, -0.1) is 0 Å². The van der Waals surface area contributed by atoms with Crippen molar-refractivity contribution in [3.8, 4) is 0 Å². The minimum atomic E-state index is -0.643. The molecular formula is C21H23FN2O4. The molecule has 0 radical (unpaired) electrons. The topological polar surface area (TPSA) is 79.6 Å². The van der Waals surface area contributed by atoms with E-state index in [0.717, 1.165) is 12.8 Å². The second kappa shape index (κ2) is 8.82. The van der Waals surface area contributed by atoms with Crippen LogP contribution in [0.2, 0.25) is 0 Å². The van der Waals surface area contributed by atoms with E-state index in [1.54, 1.807) is 24.0 Å². The van der Waals surface area contributed by atoms with Gasteiger partial charge in [-0.25, -0.2) is 4.39 Å². The number of amides is 2. The number of carbonyl (C=O) groups excluding carboxylic acids is 3. The number of ketones is 1. The molecule has 1 fully saturated rings. The van der Waals surface area contributed by atoms with Gasteiger partial charge in [-0.05, 0) is 68.0 Å². The van der Waals surface area contributed by atoms with Gasteiger partial charge in [0, 0.05) is 25.2 Å². The number of hydrogen-bond acceptors (Lipinski definition) is 4. The van der Waals surface area contributed by atoms with Crippen LogP contribution in [0.3, 0.4) is 0 Å². The third-order valence-electron chi connectivity index (χ3n) is 4.99. The van der Waals surface area contributed by atoms with E-state index in [2.05, 4.69) is 5.32 Å². The lowest BCUT2D eigenvalue weighted by Crippen LogP contribution is -2.43. The molecule has 2 aromatic rings. The number of likely N-dealkylation sites (tertiary alicyclic amines) is 1. The molecule has 1 N–H and O–H groups in total. The predicted molar refractivity (Wildman–Crippen MR) is 101 cm³/mol. The van der Waals surface area contributed by atoms with Crippen LogP contribution in [0.1, 0.15) is 41.8 Å². The van der Waals surface area contributed by atoms with Crippen molar-refractivity contribution in [1.29, 1.82) is 0 Å². The number of aryl methyl sites for hydroxylation is 1. The number of Topliss-reactive ketones (excluding diaryl/α,β-unsaturated/α-hetero) is 1. The molecule has 2 heterocycles. The molecule has 1 saturated heterocycles. The van der Waals surface area contributed by atoms with Gasteiger partial charge in [0.25, 0.3) is 11.7 Å². The molecule has 0 spiro atoms. The third-order valence-corrected chi connectivity index (χ3v) is 4.99. The highest BCUT2D eigenvalue weighted by molar-refractivity contribution is 6.41. The number of benzene rings is 1. The zero-order valence-corrected chi connectivity index (χ0v) is 15.7. The molecule has 28 heavy (non-hydrogen) atoms. The Balaban J connectivity index is 1.50. The molecule has 0 aliphatic carbocycles. The molecule has 1 aliphatic rings. The third kappa shape index (κ3) is 4.85. The van der Waals surface area contributed by atoms with Crippen LogP contribution < -0.4 is 5.32 Å². The molecule has 2 amide bonds. The van der Waals surface area contributed by atoms with Gasteiger partial charge >= 0.3 is 0 Å². The van der Waals surface area contributed by atoms with Crippen LogP contribution in [0.25, 0.3) is 0 Å². The Bertz CT molecular complexity index is 863. The molecule has 6 nitrogen and oxygen atoms in total. The number of rotatable bonds is 6. The number of hydrogen-bond donors (Lipinski definition) is 1. The lowest BCUT2D eigenvalue weighted by Gasteiger charge is -2.32. The molecule has 1 aromatic carbocycles. The maximum absolute atomic E-state index is 13.1. The van der Waals surface area contributed by atoms with Gasteiger partial charge in [0.2, 0.25) is 5.91 Å². The number of carbonyl (C=O) groups is 3. The van der Waals surface area contributed by atoms with E-state index in [1.807, 2.05) is 0 Å². The number of nitrogens with zero attached hydrogens (tertiary/aromatic N) is 1. The SMILES string of the molecule is Cc1cc(F)ccc1NC(=O)CCC1CCCN(C(=O)C(=O)c2ccco2)C1. The van der Waals surface area contributed by atoms with Crippen LogP contribution in [0, 0.1) is 18.7 Å². The summed E-state index contributed by atoms with van der Waals surface area (Å²) in [5.74, 6) is -1.50. The summed E-state index contributed by atoms with van der Waals surface area (Å²) in [4.78, 5) is 38.3. The first kappa shape index (κ1) is 19.8. The fraction of sp³-hybridized carbons (Fsp3) is 0.381. The summed E-state index contributed by atoms with van der Waals surface area (Å²) in [6.45, 7) is 2.72. The van der Waals surface area contributed by atoms with Crippen LogP contribution >= 0.6 is 0 Å². The zero-order chi connectivity index (χ0) is 20.1. The quantitative estimate of drug-likeness (QED) is 0.608. The Morgan fingerprint density at radius 2 is 2.11 bits per heavy atom. The van der Waals surface area contributed by atoms with Crippen molar-refractivity contribution in [3.63, 3.8) is 0 Å². The van der Waals surface area contributed by atoms with Crippen LogP contribution in [-0.2, 0) is 9.59 Å². The Labute approximate surface area is 162 Å². The Hall–Kier alpha value is -2.96. The number of furan rings is 1. The second-order valence-corrected chi connectivity index (χ2v) is 7.11. The largest absolute Gasteiger partial charge is 0.461 e. The van der Waals surface area contributed by atoms with Gasteiger partial charge in [0.15, 0.2) is 5.76 Å². The van der Waals surface area contributed by atoms with Crippen LogP contribution in [0.5, 0.6) is 0 Å². The summed E-state index contributed by atoms with van der Waals surface area (Å²) in [5, 5.41) is 2.80. The van der Waals surface area contributed by atoms with Gasteiger partial charge in [-0.2, -0.15) is 0 Å². The molecule has 1 aliphatic heterocycles. The highest BCUT2D eigenvalue weighted by atomic mass is 19.1. The maximum Gasteiger partial charge on any atom is 0.298 e. The van der Waals surface area contributed by atoms with E-state index < -0.39 is 11.7 Å². The van der Waals surface area contributed by atoms with Crippen molar-refractivity contribution in [2.45, 2.75) is 32.6 Å². The van der Waals surface area contributed by atoms with E-state index in [4.69, 9.17) is 4.42 Å². The van der Waals surface area contributed by atoms with Crippen LogP contribution in [-0.4, -0.2) is 35.6 Å². The van der Waals surface area contributed by atoms with E-state index in [0.29, 0.717) is 37.2 Å². The van der Waals surface area contributed by atoms with E-state index in [9.17, 15) is 18.8 Å². The summed E-state index contributed by atoms with van der Waals surface area (Å²) < 4.78 is 18.2.